The number of rotatable bonds is 7. The van der Waals surface area contributed by atoms with E-state index >= 15 is 0 Å². The van der Waals surface area contributed by atoms with Gasteiger partial charge in [0.15, 0.2) is 5.78 Å². The number of carbonyl (C=O) groups is 3. The van der Waals surface area contributed by atoms with Gasteiger partial charge in [-0.15, -0.1) is 0 Å². The zero-order valence-electron chi connectivity index (χ0n) is 29.3. The molecule has 0 aromatic heterocycles. The van der Waals surface area contributed by atoms with Crippen LogP contribution >= 0.6 is 0 Å². The number of allylic oxidation sites excluding steroid dienone is 1. The van der Waals surface area contributed by atoms with E-state index in [9.17, 15) is 27.9 Å². The summed E-state index contributed by atoms with van der Waals surface area (Å²) < 4.78 is 34.5. The fourth-order valence-corrected chi connectivity index (χ4v) is 12.9. The Kier molecular flexibility index (Phi) is 8.17. The summed E-state index contributed by atoms with van der Waals surface area (Å²) in [5.41, 5.74) is -0.332. The van der Waals surface area contributed by atoms with Crippen molar-refractivity contribution in [1.29, 1.82) is 0 Å². The Balaban J connectivity index is 1.47. The van der Waals surface area contributed by atoms with Gasteiger partial charge in [-0.2, -0.15) is 0 Å². The van der Waals surface area contributed by atoms with Crippen molar-refractivity contribution < 1.29 is 32.6 Å². The highest BCUT2D eigenvalue weighted by Crippen LogP contribution is 2.76. The van der Waals surface area contributed by atoms with Gasteiger partial charge in [-0.3, -0.25) is 14.4 Å². The summed E-state index contributed by atoms with van der Waals surface area (Å²) in [6.45, 7) is 19.1. The number of fused-ring (bicyclic) bond motifs is 7. The zero-order valence-corrected chi connectivity index (χ0v) is 30.1. The van der Waals surface area contributed by atoms with Gasteiger partial charge in [0.1, 0.15) is 6.10 Å². The second kappa shape index (κ2) is 10.6. The first-order valence-electron chi connectivity index (χ1n) is 17.1. The number of nitrogens with one attached hydrogen (secondary N) is 1. The number of ether oxygens (including phenoxy) is 1. The van der Waals surface area contributed by atoms with E-state index in [1.54, 1.807) is 13.8 Å². The van der Waals surface area contributed by atoms with Crippen LogP contribution in [0.5, 0.6) is 0 Å². The summed E-state index contributed by atoms with van der Waals surface area (Å²) in [6, 6.07) is 0. The molecule has 0 heterocycles. The second-order valence-corrected chi connectivity index (χ2v) is 19.6. The number of ketones is 1. The normalized spacial score (nSPS) is 41.2. The number of carbonyl (C=O) groups excluding carboxylic acids is 2. The molecule has 4 fully saturated rings. The number of Topliss-reactive ketones (excluding diaryl/α,β-unsaturated/α-hetero) is 1. The van der Waals surface area contributed by atoms with Crippen LogP contribution in [0.3, 0.4) is 0 Å². The van der Waals surface area contributed by atoms with Crippen molar-refractivity contribution in [2.45, 2.75) is 138 Å². The molecule has 8 atom stereocenters. The molecule has 0 radical (unpaired) electrons. The lowest BCUT2D eigenvalue weighted by atomic mass is 9.33. The maximum absolute atomic E-state index is 13.6. The third kappa shape index (κ3) is 5.16. The highest BCUT2D eigenvalue weighted by Gasteiger charge is 2.70. The smallest absolute Gasteiger partial charge is 0.309 e. The van der Waals surface area contributed by atoms with E-state index in [0.717, 1.165) is 56.1 Å². The van der Waals surface area contributed by atoms with Gasteiger partial charge in [-0.25, -0.2) is 13.1 Å². The number of sulfonamides is 1. The van der Waals surface area contributed by atoms with Crippen LogP contribution in [0.25, 0.3) is 0 Å². The van der Waals surface area contributed by atoms with Crippen molar-refractivity contribution in [2.24, 2.45) is 50.7 Å². The molecule has 0 amide bonds. The number of aliphatic carboxylic acids is 1. The third-order valence-electron chi connectivity index (χ3n) is 14.2. The summed E-state index contributed by atoms with van der Waals surface area (Å²) in [6.07, 6.45) is 8.26. The average molecular weight is 648 g/mol. The van der Waals surface area contributed by atoms with Crippen LogP contribution in [-0.2, 0) is 29.1 Å². The van der Waals surface area contributed by atoms with Crippen molar-refractivity contribution in [3.8, 4) is 0 Å². The molecule has 5 rings (SSSR count). The number of carboxylic acid groups (broad SMARTS) is 1. The molecule has 0 aromatic carbocycles. The van der Waals surface area contributed by atoms with E-state index in [0.29, 0.717) is 18.3 Å². The summed E-state index contributed by atoms with van der Waals surface area (Å²) in [4.78, 5) is 38.2. The predicted octanol–water partition coefficient (Wildman–Crippen LogP) is 6.68. The Labute approximate surface area is 270 Å². The van der Waals surface area contributed by atoms with E-state index in [1.165, 1.54) is 6.26 Å². The van der Waals surface area contributed by atoms with Crippen molar-refractivity contribution in [2.75, 3.05) is 6.26 Å². The molecule has 0 spiro atoms. The van der Waals surface area contributed by atoms with Crippen LogP contribution < -0.4 is 4.72 Å². The lowest BCUT2D eigenvalue weighted by Gasteiger charge is -2.72. The lowest BCUT2D eigenvalue weighted by molar-refractivity contribution is -0.232. The Hall–Kier alpha value is -1.74. The van der Waals surface area contributed by atoms with Gasteiger partial charge < -0.3 is 9.84 Å². The minimum absolute atomic E-state index is 0.00421. The van der Waals surface area contributed by atoms with Crippen LogP contribution in [-0.4, -0.2) is 49.1 Å². The average Bonchev–Trinajstić information content (AvgIpc) is 3.16. The molecule has 8 nitrogen and oxygen atoms in total. The molecule has 0 aliphatic heterocycles. The Morgan fingerprint density at radius 3 is 2.18 bits per heavy atom. The van der Waals surface area contributed by atoms with Crippen LogP contribution in [0, 0.1) is 50.7 Å². The third-order valence-corrected chi connectivity index (χ3v) is 15.0. The quantitative estimate of drug-likeness (QED) is 0.295. The molecule has 0 aromatic rings. The summed E-state index contributed by atoms with van der Waals surface area (Å²) in [5.74, 6) is -0.366. The van der Waals surface area contributed by atoms with E-state index in [1.807, 2.05) is 0 Å². The molecule has 0 saturated heterocycles. The molecule has 9 heteroatoms. The maximum Gasteiger partial charge on any atom is 0.309 e. The fraction of sp³-hybridized carbons (Fsp3) is 0.861. The number of carboxylic acids is 1. The molecule has 45 heavy (non-hydrogen) atoms. The molecule has 2 N–H and O–H groups in total. The highest BCUT2D eigenvalue weighted by atomic mass is 32.2. The first kappa shape index (κ1) is 34.6. The first-order chi connectivity index (χ1) is 20.5. The number of hydrogen-bond donors (Lipinski definition) is 2. The SMILES string of the molecule is CC(C)C1=C2[C@H]3CCC4[C@@]5(C)CC[C@H](OC(=O)CC(C)(C)C(=O)O)C(C)(C)C5CC[C@@]4(C)[C@]3(C)CCC2(NS(C)(=O)=O)CC1=O. The molecule has 3 unspecified atom stereocenters. The van der Waals surface area contributed by atoms with E-state index in [4.69, 9.17) is 4.74 Å². The topological polar surface area (TPSA) is 127 Å². The molecule has 5 aliphatic carbocycles. The number of hydrogen-bond acceptors (Lipinski definition) is 6. The van der Waals surface area contributed by atoms with Gasteiger partial charge in [0.05, 0.1) is 23.6 Å². The van der Waals surface area contributed by atoms with Gasteiger partial charge >= 0.3 is 11.9 Å². The van der Waals surface area contributed by atoms with Gasteiger partial charge in [0, 0.05) is 11.8 Å². The van der Waals surface area contributed by atoms with Crippen molar-refractivity contribution in [1.82, 2.24) is 4.72 Å². The van der Waals surface area contributed by atoms with E-state index in [-0.39, 0.29) is 58.2 Å². The van der Waals surface area contributed by atoms with Crippen LogP contribution in [0.2, 0.25) is 0 Å². The Morgan fingerprint density at radius 2 is 1.60 bits per heavy atom. The maximum atomic E-state index is 13.6. The zero-order chi connectivity index (χ0) is 33.8. The molecule has 4 saturated carbocycles. The predicted molar refractivity (Wildman–Crippen MR) is 174 cm³/mol. The van der Waals surface area contributed by atoms with E-state index in [2.05, 4.69) is 53.2 Å². The van der Waals surface area contributed by atoms with Crippen molar-refractivity contribution >= 4 is 27.7 Å². The van der Waals surface area contributed by atoms with Crippen LogP contribution in [0.4, 0.5) is 0 Å². The summed E-state index contributed by atoms with van der Waals surface area (Å²) in [5, 5.41) is 9.54. The van der Waals surface area contributed by atoms with Gasteiger partial charge in [0.2, 0.25) is 10.0 Å². The van der Waals surface area contributed by atoms with Crippen LogP contribution in [0.1, 0.15) is 127 Å². The summed E-state index contributed by atoms with van der Waals surface area (Å²) >= 11 is 0. The molecule has 254 valence electrons. The molecular weight excluding hydrogens is 590 g/mol. The fourth-order valence-electron chi connectivity index (χ4n) is 11.9. The van der Waals surface area contributed by atoms with Gasteiger partial charge in [0.25, 0.3) is 0 Å². The number of esters is 1. The summed E-state index contributed by atoms with van der Waals surface area (Å²) in [7, 11) is -3.52. The minimum atomic E-state index is -3.52. The Morgan fingerprint density at radius 1 is 0.956 bits per heavy atom. The van der Waals surface area contributed by atoms with Gasteiger partial charge in [-0.05, 0) is 116 Å². The van der Waals surface area contributed by atoms with E-state index < -0.39 is 32.9 Å². The minimum Gasteiger partial charge on any atom is -0.481 e. The van der Waals surface area contributed by atoms with Crippen LogP contribution in [0.15, 0.2) is 11.1 Å². The lowest BCUT2D eigenvalue weighted by Crippen LogP contribution is -2.67. The van der Waals surface area contributed by atoms with Crippen molar-refractivity contribution in [3.05, 3.63) is 11.1 Å². The first-order valence-corrected chi connectivity index (χ1v) is 19.0. The standard InChI is InChI=1S/C36H57NO7S/c1-21(2)28-23(38)19-36(37-45(10,42)43)18-17-34(8)22(29(28)36)11-12-25-33(7)15-14-26(44-27(39)20-31(3,4)30(40)41)32(5,6)24(33)13-16-35(25,34)9/h21-22,24-26,37H,11-20H2,1-10H3,(H,40,41)/t22-,24?,25?,26+,33+,34-,35-,36?/m1/s1. The highest BCUT2D eigenvalue weighted by molar-refractivity contribution is 7.88. The Bertz CT molecular complexity index is 1430. The van der Waals surface area contributed by atoms with Crippen molar-refractivity contribution in [3.63, 3.8) is 0 Å². The largest absolute Gasteiger partial charge is 0.481 e. The monoisotopic (exact) mass is 647 g/mol. The van der Waals surface area contributed by atoms with Gasteiger partial charge in [-0.1, -0.05) is 48.5 Å². The molecule has 0 bridgehead atoms. The molecular formula is C36H57NO7S. The molecule has 5 aliphatic rings. The second-order valence-electron chi connectivity index (χ2n) is 17.9.